The number of carbonyl (C=O) groups is 1. The SMILES string of the molecule is COCCN(Cc1ccc(F)cc1Cl)C(=O)c1coc(CN)c1. The predicted molar refractivity (Wildman–Crippen MR) is 84.6 cm³/mol. The highest BCUT2D eigenvalue weighted by atomic mass is 35.5. The number of hydrogen-bond acceptors (Lipinski definition) is 4. The van der Waals surface area contributed by atoms with Gasteiger partial charge in [-0.3, -0.25) is 4.79 Å². The van der Waals surface area contributed by atoms with Gasteiger partial charge in [0.15, 0.2) is 0 Å². The maximum absolute atomic E-state index is 13.1. The summed E-state index contributed by atoms with van der Waals surface area (Å²) in [6.45, 7) is 1.19. The quantitative estimate of drug-likeness (QED) is 0.841. The van der Waals surface area contributed by atoms with Gasteiger partial charge in [0.1, 0.15) is 17.8 Å². The monoisotopic (exact) mass is 340 g/mol. The third kappa shape index (κ3) is 4.54. The molecular formula is C16H18ClFN2O3. The number of benzene rings is 1. The lowest BCUT2D eigenvalue weighted by atomic mass is 10.2. The summed E-state index contributed by atoms with van der Waals surface area (Å²) in [6, 6.07) is 5.70. The minimum absolute atomic E-state index is 0.217. The van der Waals surface area contributed by atoms with Crippen LogP contribution < -0.4 is 5.73 Å². The summed E-state index contributed by atoms with van der Waals surface area (Å²) >= 11 is 6.04. The molecule has 1 heterocycles. The molecule has 0 radical (unpaired) electrons. The molecule has 23 heavy (non-hydrogen) atoms. The molecule has 0 aliphatic heterocycles. The van der Waals surface area contributed by atoms with E-state index in [-0.39, 0.29) is 24.0 Å². The molecule has 0 saturated carbocycles. The van der Waals surface area contributed by atoms with E-state index < -0.39 is 5.82 Å². The summed E-state index contributed by atoms with van der Waals surface area (Å²) in [6.07, 6.45) is 1.37. The van der Waals surface area contributed by atoms with E-state index in [4.69, 9.17) is 26.5 Å². The fourth-order valence-electron chi connectivity index (χ4n) is 2.09. The highest BCUT2D eigenvalue weighted by molar-refractivity contribution is 6.31. The molecule has 1 aromatic carbocycles. The van der Waals surface area contributed by atoms with Gasteiger partial charge in [0, 0.05) is 25.2 Å². The number of amides is 1. The molecule has 0 unspecified atom stereocenters. The summed E-state index contributed by atoms with van der Waals surface area (Å²) in [7, 11) is 1.55. The van der Waals surface area contributed by atoms with Crippen LogP contribution in [0, 0.1) is 5.82 Å². The standard InChI is InChI=1S/C16H18ClFN2O3/c1-22-5-4-20(9-11-2-3-13(18)7-15(11)17)16(21)12-6-14(8-19)23-10-12/h2-3,6-7,10H,4-5,8-9,19H2,1H3. The van der Waals surface area contributed by atoms with Gasteiger partial charge in [0.05, 0.1) is 18.7 Å². The van der Waals surface area contributed by atoms with Crippen molar-refractivity contribution in [3.05, 3.63) is 58.3 Å². The maximum Gasteiger partial charge on any atom is 0.257 e. The van der Waals surface area contributed by atoms with Crippen LogP contribution in [0.2, 0.25) is 5.02 Å². The lowest BCUT2D eigenvalue weighted by Crippen LogP contribution is -2.33. The number of furan rings is 1. The maximum atomic E-state index is 13.1. The Morgan fingerprint density at radius 1 is 1.43 bits per heavy atom. The van der Waals surface area contributed by atoms with Crippen LogP contribution in [-0.2, 0) is 17.8 Å². The van der Waals surface area contributed by atoms with Crippen molar-refractivity contribution in [2.24, 2.45) is 5.73 Å². The number of rotatable bonds is 7. The van der Waals surface area contributed by atoms with Crippen LogP contribution in [0.1, 0.15) is 21.7 Å². The second-order valence-corrected chi connectivity index (χ2v) is 5.37. The molecule has 124 valence electrons. The Morgan fingerprint density at radius 2 is 2.22 bits per heavy atom. The third-order valence-electron chi connectivity index (χ3n) is 3.33. The van der Waals surface area contributed by atoms with Crippen molar-refractivity contribution >= 4 is 17.5 Å². The highest BCUT2D eigenvalue weighted by Crippen LogP contribution is 2.20. The average molecular weight is 341 g/mol. The zero-order chi connectivity index (χ0) is 16.8. The van der Waals surface area contributed by atoms with Gasteiger partial charge in [-0.1, -0.05) is 17.7 Å². The van der Waals surface area contributed by atoms with Gasteiger partial charge < -0.3 is 19.8 Å². The number of hydrogen-bond donors (Lipinski definition) is 1. The van der Waals surface area contributed by atoms with E-state index in [2.05, 4.69) is 0 Å². The van der Waals surface area contributed by atoms with Gasteiger partial charge in [-0.05, 0) is 23.8 Å². The minimum Gasteiger partial charge on any atom is -0.467 e. The van der Waals surface area contributed by atoms with Crippen molar-refractivity contribution in [2.75, 3.05) is 20.3 Å². The van der Waals surface area contributed by atoms with Crippen LogP contribution in [0.15, 0.2) is 34.9 Å². The van der Waals surface area contributed by atoms with Gasteiger partial charge in [0.2, 0.25) is 0 Å². The second-order valence-electron chi connectivity index (χ2n) is 4.96. The first-order valence-electron chi connectivity index (χ1n) is 7.04. The first kappa shape index (κ1) is 17.5. The summed E-state index contributed by atoms with van der Waals surface area (Å²) in [4.78, 5) is 14.2. The number of nitrogens with zero attached hydrogens (tertiary/aromatic N) is 1. The van der Waals surface area contributed by atoms with E-state index in [1.165, 1.54) is 18.4 Å². The minimum atomic E-state index is -0.420. The largest absolute Gasteiger partial charge is 0.467 e. The fourth-order valence-corrected chi connectivity index (χ4v) is 2.32. The van der Waals surface area contributed by atoms with Crippen molar-refractivity contribution in [3.8, 4) is 0 Å². The van der Waals surface area contributed by atoms with Crippen LogP contribution in [0.5, 0.6) is 0 Å². The molecule has 2 rings (SSSR count). The molecule has 2 aromatic rings. The summed E-state index contributed by atoms with van der Waals surface area (Å²) in [5.41, 5.74) is 6.54. The van der Waals surface area contributed by atoms with Crippen LogP contribution >= 0.6 is 11.6 Å². The third-order valence-corrected chi connectivity index (χ3v) is 3.68. The molecule has 0 spiro atoms. The van der Waals surface area contributed by atoms with Gasteiger partial charge in [-0.15, -0.1) is 0 Å². The van der Waals surface area contributed by atoms with E-state index in [1.54, 1.807) is 24.1 Å². The number of carbonyl (C=O) groups excluding carboxylic acids is 1. The fraction of sp³-hybridized carbons (Fsp3) is 0.312. The zero-order valence-corrected chi connectivity index (χ0v) is 13.5. The van der Waals surface area contributed by atoms with Crippen molar-refractivity contribution in [2.45, 2.75) is 13.1 Å². The molecule has 7 heteroatoms. The Bertz CT molecular complexity index is 675. The predicted octanol–water partition coefficient (Wildman–Crippen LogP) is 2.82. The smallest absolute Gasteiger partial charge is 0.257 e. The molecule has 2 N–H and O–H groups in total. The normalized spacial score (nSPS) is 10.8. The Labute approximate surface area is 138 Å². The number of halogens is 2. The summed E-state index contributed by atoms with van der Waals surface area (Å²) < 4.78 is 23.4. The Balaban J connectivity index is 2.20. The van der Waals surface area contributed by atoms with E-state index in [9.17, 15) is 9.18 Å². The van der Waals surface area contributed by atoms with Gasteiger partial charge >= 0.3 is 0 Å². The summed E-state index contributed by atoms with van der Waals surface area (Å²) in [5, 5.41) is 0.273. The highest BCUT2D eigenvalue weighted by Gasteiger charge is 2.19. The van der Waals surface area contributed by atoms with E-state index in [0.29, 0.717) is 30.0 Å². The molecule has 0 aliphatic carbocycles. The van der Waals surface area contributed by atoms with Crippen molar-refractivity contribution in [3.63, 3.8) is 0 Å². The molecule has 1 aromatic heterocycles. The van der Waals surface area contributed by atoms with Crippen molar-refractivity contribution < 1.29 is 18.3 Å². The van der Waals surface area contributed by atoms with E-state index >= 15 is 0 Å². The topological polar surface area (TPSA) is 68.7 Å². The van der Waals surface area contributed by atoms with Crippen LogP contribution in [0.3, 0.4) is 0 Å². The first-order valence-corrected chi connectivity index (χ1v) is 7.42. The lowest BCUT2D eigenvalue weighted by Gasteiger charge is -2.22. The number of methoxy groups -OCH3 is 1. The van der Waals surface area contributed by atoms with Gasteiger partial charge in [-0.2, -0.15) is 0 Å². The molecule has 0 aliphatic rings. The van der Waals surface area contributed by atoms with Crippen molar-refractivity contribution in [1.29, 1.82) is 0 Å². The zero-order valence-electron chi connectivity index (χ0n) is 12.7. The van der Waals surface area contributed by atoms with Crippen LogP contribution in [-0.4, -0.2) is 31.1 Å². The Kier molecular flexibility index (Phi) is 6.15. The van der Waals surface area contributed by atoms with Crippen LogP contribution in [0.25, 0.3) is 0 Å². The van der Waals surface area contributed by atoms with E-state index in [1.807, 2.05) is 0 Å². The molecule has 1 amide bonds. The first-order chi connectivity index (χ1) is 11.0. The van der Waals surface area contributed by atoms with E-state index in [0.717, 1.165) is 0 Å². The van der Waals surface area contributed by atoms with Crippen molar-refractivity contribution in [1.82, 2.24) is 4.90 Å². The molecule has 0 fully saturated rings. The molecule has 5 nitrogen and oxygen atoms in total. The average Bonchev–Trinajstić information content (AvgIpc) is 3.01. The molecule has 0 atom stereocenters. The lowest BCUT2D eigenvalue weighted by molar-refractivity contribution is 0.0680. The Morgan fingerprint density at radius 3 is 2.83 bits per heavy atom. The number of ether oxygens (including phenoxy) is 1. The molecular weight excluding hydrogens is 323 g/mol. The van der Waals surface area contributed by atoms with Gasteiger partial charge in [0.25, 0.3) is 5.91 Å². The Hall–Kier alpha value is -1.89. The van der Waals surface area contributed by atoms with Gasteiger partial charge in [-0.25, -0.2) is 4.39 Å². The summed E-state index contributed by atoms with van der Waals surface area (Å²) in [5.74, 6) is -0.123. The van der Waals surface area contributed by atoms with Crippen LogP contribution in [0.4, 0.5) is 4.39 Å². The number of nitrogens with two attached hydrogens (primary N) is 1. The second kappa shape index (κ2) is 8.10. The molecule has 0 bridgehead atoms. The molecule has 0 saturated heterocycles.